The van der Waals surface area contributed by atoms with Crippen LogP contribution in [0.5, 0.6) is 0 Å². The molecule has 1 saturated carbocycles. The number of hydrogen-bond acceptors (Lipinski definition) is 6. The second kappa shape index (κ2) is 14.0. The molecule has 0 aliphatic heterocycles. The molecule has 3 N–H and O–H groups in total. The molecule has 0 radical (unpaired) electrons. The van der Waals surface area contributed by atoms with E-state index in [4.69, 9.17) is 15.5 Å². The first-order valence-electron chi connectivity index (χ1n) is 17.1. The van der Waals surface area contributed by atoms with Crippen LogP contribution in [-0.2, 0) is 30.9 Å². The van der Waals surface area contributed by atoms with Crippen LogP contribution in [0, 0.1) is 5.92 Å². The van der Waals surface area contributed by atoms with Gasteiger partial charge in [0.05, 0.1) is 11.0 Å². The molecule has 0 unspecified atom stereocenters. The fourth-order valence-electron chi connectivity index (χ4n) is 6.30. The molecule has 1 aliphatic rings. The number of pyridine rings is 1. The predicted molar refractivity (Wildman–Crippen MR) is 191 cm³/mol. The zero-order valence-electron chi connectivity index (χ0n) is 28.3. The lowest BCUT2D eigenvalue weighted by Gasteiger charge is -2.32. The number of benzene rings is 3. The van der Waals surface area contributed by atoms with Gasteiger partial charge < -0.3 is 25.3 Å². The third kappa shape index (κ3) is 7.87. The number of nitrogens with two attached hydrogens (primary N) is 1. The molecule has 8 nitrogen and oxygen atoms in total. The summed E-state index contributed by atoms with van der Waals surface area (Å²) < 4.78 is 8.15. The quantitative estimate of drug-likeness (QED) is 0.143. The molecule has 2 aromatic heterocycles. The van der Waals surface area contributed by atoms with E-state index in [2.05, 4.69) is 72.9 Å². The number of ether oxygens (including phenoxy) is 1. The van der Waals surface area contributed by atoms with Crippen LogP contribution in [0.1, 0.15) is 82.3 Å². The lowest BCUT2D eigenvalue weighted by atomic mass is 9.85. The summed E-state index contributed by atoms with van der Waals surface area (Å²) in [5.41, 5.74) is 13.4. The van der Waals surface area contributed by atoms with E-state index in [9.17, 15) is 4.79 Å². The molecule has 1 fully saturated rings. The van der Waals surface area contributed by atoms with Gasteiger partial charge in [0, 0.05) is 42.7 Å². The molecule has 0 saturated heterocycles. The highest BCUT2D eigenvalue weighted by Crippen LogP contribution is 2.31. The number of amides is 1. The van der Waals surface area contributed by atoms with Gasteiger partial charge in [-0.25, -0.2) is 14.8 Å². The molecule has 0 bridgehead atoms. The first-order valence-corrected chi connectivity index (χ1v) is 17.1. The van der Waals surface area contributed by atoms with Crippen molar-refractivity contribution in [3.63, 3.8) is 0 Å². The Hall–Kier alpha value is -4.59. The van der Waals surface area contributed by atoms with Gasteiger partial charge >= 0.3 is 6.09 Å². The molecule has 246 valence electrons. The minimum absolute atomic E-state index is 0.0131. The van der Waals surface area contributed by atoms with Crippen molar-refractivity contribution in [3.05, 3.63) is 95.3 Å². The summed E-state index contributed by atoms with van der Waals surface area (Å²) in [6.45, 7) is 10.8. The number of aryl methyl sites for hydroxylation is 1. The number of carbonyl (C=O) groups excluding carboxylic acids is 1. The smallest absolute Gasteiger partial charge is 0.410 e. The molecule has 0 atom stereocenters. The van der Waals surface area contributed by atoms with Crippen molar-refractivity contribution in [1.82, 2.24) is 19.4 Å². The van der Waals surface area contributed by atoms with Crippen molar-refractivity contribution in [2.24, 2.45) is 5.92 Å². The molecule has 2 heterocycles. The van der Waals surface area contributed by atoms with Gasteiger partial charge in [-0.2, -0.15) is 0 Å². The van der Waals surface area contributed by atoms with Crippen LogP contribution in [0.4, 0.5) is 16.3 Å². The van der Waals surface area contributed by atoms with E-state index in [1.807, 2.05) is 47.4 Å². The number of nitrogens with zero attached hydrogens (tertiary/aromatic N) is 4. The number of nitrogen functional groups attached to an aromatic ring is 1. The number of hydrogen-bond donors (Lipinski definition) is 2. The second-order valence-electron chi connectivity index (χ2n) is 14.0. The van der Waals surface area contributed by atoms with Gasteiger partial charge in [0.15, 0.2) is 5.82 Å². The van der Waals surface area contributed by atoms with Crippen molar-refractivity contribution >= 4 is 39.5 Å². The minimum atomic E-state index is -0.263. The highest BCUT2D eigenvalue weighted by molar-refractivity contribution is 6.06. The van der Waals surface area contributed by atoms with Crippen molar-refractivity contribution in [2.45, 2.75) is 91.5 Å². The van der Waals surface area contributed by atoms with Crippen LogP contribution < -0.4 is 11.1 Å². The third-order valence-electron chi connectivity index (χ3n) is 8.98. The summed E-state index contributed by atoms with van der Waals surface area (Å²) in [5, 5.41) is 4.53. The third-order valence-corrected chi connectivity index (χ3v) is 8.98. The van der Waals surface area contributed by atoms with Gasteiger partial charge in [-0.3, -0.25) is 0 Å². The topological polar surface area (TPSA) is 98.3 Å². The van der Waals surface area contributed by atoms with Gasteiger partial charge in [0.25, 0.3) is 0 Å². The number of para-hydroxylation sites is 1. The highest BCUT2D eigenvalue weighted by atomic mass is 16.6. The Morgan fingerprint density at radius 2 is 1.68 bits per heavy atom. The molecule has 3 aromatic carbocycles. The Balaban J connectivity index is 1.17. The van der Waals surface area contributed by atoms with Gasteiger partial charge in [-0.1, -0.05) is 74.4 Å². The fourth-order valence-corrected chi connectivity index (χ4v) is 6.30. The number of unbranched alkanes of at least 4 members (excludes halogenated alkanes) is 1. The number of fused-ring (bicyclic) bond motifs is 3. The van der Waals surface area contributed by atoms with Crippen LogP contribution >= 0.6 is 0 Å². The Bertz CT molecular complexity index is 1820. The average molecular weight is 633 g/mol. The average Bonchev–Trinajstić information content (AvgIpc) is 3.39. The van der Waals surface area contributed by atoms with E-state index < -0.39 is 0 Å². The van der Waals surface area contributed by atoms with Gasteiger partial charge in [-0.15, -0.1) is 0 Å². The maximum Gasteiger partial charge on any atom is 0.410 e. The van der Waals surface area contributed by atoms with Crippen LogP contribution in [0.25, 0.3) is 21.9 Å². The number of rotatable bonds is 12. The molecule has 5 aromatic rings. The second-order valence-corrected chi connectivity index (χ2v) is 14.0. The van der Waals surface area contributed by atoms with E-state index in [1.165, 1.54) is 24.8 Å². The molecule has 8 heteroatoms. The van der Waals surface area contributed by atoms with Crippen LogP contribution in [0.3, 0.4) is 0 Å². The maximum absolute atomic E-state index is 13.4. The monoisotopic (exact) mass is 632 g/mol. The van der Waals surface area contributed by atoms with Crippen molar-refractivity contribution in [3.8, 4) is 0 Å². The molecule has 1 amide bonds. The normalized spacial score (nSPS) is 13.5. The Morgan fingerprint density at radius 3 is 2.36 bits per heavy atom. The largest absolute Gasteiger partial charge is 0.445 e. The van der Waals surface area contributed by atoms with E-state index in [-0.39, 0.29) is 18.2 Å². The number of nitrogens with one attached hydrogen (secondary N) is 1. The number of imidazole rings is 1. The zero-order chi connectivity index (χ0) is 33.0. The Kier molecular flexibility index (Phi) is 9.66. The lowest BCUT2D eigenvalue weighted by molar-refractivity contribution is 0.0802. The maximum atomic E-state index is 13.4. The van der Waals surface area contributed by atoms with Crippen LogP contribution in [0.15, 0.2) is 72.8 Å². The van der Waals surface area contributed by atoms with E-state index >= 15 is 0 Å². The Morgan fingerprint density at radius 1 is 0.979 bits per heavy atom. The van der Waals surface area contributed by atoms with E-state index in [1.54, 1.807) is 0 Å². The van der Waals surface area contributed by atoms with Crippen molar-refractivity contribution in [2.75, 3.05) is 17.6 Å². The summed E-state index contributed by atoms with van der Waals surface area (Å²) in [5.74, 6) is 2.04. The van der Waals surface area contributed by atoms with Gasteiger partial charge in [0.1, 0.15) is 17.9 Å². The van der Waals surface area contributed by atoms with E-state index in [0.717, 1.165) is 70.4 Å². The van der Waals surface area contributed by atoms with Crippen LogP contribution in [0.2, 0.25) is 0 Å². The molecule has 1 aliphatic carbocycles. The fraction of sp³-hybridized carbons (Fsp3) is 0.410. The zero-order valence-corrected chi connectivity index (χ0v) is 28.3. The summed E-state index contributed by atoms with van der Waals surface area (Å²) in [6, 6.07) is 24.8. The van der Waals surface area contributed by atoms with Gasteiger partial charge in [-0.05, 0) is 80.8 Å². The van der Waals surface area contributed by atoms with Crippen LogP contribution in [-0.4, -0.2) is 37.6 Å². The summed E-state index contributed by atoms with van der Waals surface area (Å²) in [7, 11) is 0. The van der Waals surface area contributed by atoms with Gasteiger partial charge in [0.2, 0.25) is 0 Å². The van der Waals surface area contributed by atoms with Crippen molar-refractivity contribution < 1.29 is 9.53 Å². The van der Waals surface area contributed by atoms with E-state index in [0.29, 0.717) is 24.8 Å². The minimum Gasteiger partial charge on any atom is -0.445 e. The molecule has 6 rings (SSSR count). The molecule has 0 spiro atoms. The number of carbonyl (C=O) groups is 1. The molecular weight excluding hydrogens is 584 g/mol. The lowest BCUT2D eigenvalue weighted by Crippen LogP contribution is -2.37. The molecule has 47 heavy (non-hydrogen) atoms. The molecular formula is C39H48N6O2. The number of aromatic nitrogens is 3. The number of anilines is 2. The standard InChI is InChI=1S/C39H48N6O2/c1-5-6-14-34-42-35-36(32-12-7-8-13-33(32)41-37(35)40)45(34)25-29-17-15-28(16-18-29)24-44(23-27-10-9-11-27)38(46)47-26-30-19-21-31(22-20-30)43-39(2,3)4/h7-8,12-13,15-22,27,43H,5-6,9-11,14,23-26H2,1-4H3,(H2,40,41). The highest BCUT2D eigenvalue weighted by Gasteiger charge is 2.25. The Labute approximate surface area is 278 Å². The predicted octanol–water partition coefficient (Wildman–Crippen LogP) is 8.71. The first-order chi connectivity index (χ1) is 22.7. The first kappa shape index (κ1) is 32.4. The summed E-state index contributed by atoms with van der Waals surface area (Å²) >= 11 is 0. The van der Waals surface area contributed by atoms with Crippen molar-refractivity contribution in [1.29, 1.82) is 0 Å². The summed E-state index contributed by atoms with van der Waals surface area (Å²) in [4.78, 5) is 24.9. The SMILES string of the molecule is CCCCc1nc2c(N)nc3ccccc3c2n1Cc1ccc(CN(CC2CCC2)C(=O)OCc2ccc(NC(C)(C)C)cc2)cc1. The summed E-state index contributed by atoms with van der Waals surface area (Å²) in [6.07, 6.45) is 6.33.